The van der Waals surface area contributed by atoms with Gasteiger partial charge in [-0.05, 0) is 42.8 Å². The molecule has 1 saturated heterocycles. The van der Waals surface area contributed by atoms with Crippen molar-refractivity contribution in [3.05, 3.63) is 59.1 Å². The van der Waals surface area contributed by atoms with Crippen LogP contribution in [0.1, 0.15) is 18.9 Å². The standard InChI is InChI=1S/C23H24ClN3O4S/c1-3-20(28)26-12-14-27(15-13-26)23-22(32(29,30)18-10-8-17(24)9-11-18)25-21(31-23)19-7-5-4-6-16(19)2/h4-11H,3,12-15H2,1-2H3. The Labute approximate surface area is 192 Å². The van der Waals surface area contributed by atoms with Crippen molar-refractivity contribution in [3.63, 3.8) is 0 Å². The number of halogens is 1. The number of carbonyl (C=O) groups is 1. The van der Waals surface area contributed by atoms with Gasteiger partial charge < -0.3 is 14.2 Å². The molecule has 9 heteroatoms. The van der Waals surface area contributed by atoms with E-state index in [-0.39, 0.29) is 27.6 Å². The van der Waals surface area contributed by atoms with E-state index in [1.165, 1.54) is 24.3 Å². The lowest BCUT2D eigenvalue weighted by atomic mass is 10.1. The SMILES string of the molecule is CCC(=O)N1CCN(c2oc(-c3ccccc3C)nc2S(=O)(=O)c2ccc(Cl)cc2)CC1. The largest absolute Gasteiger partial charge is 0.419 e. The first kappa shape index (κ1) is 22.4. The van der Waals surface area contributed by atoms with Crippen molar-refractivity contribution in [2.45, 2.75) is 30.2 Å². The minimum absolute atomic E-state index is 0.0804. The summed E-state index contributed by atoms with van der Waals surface area (Å²) in [5.74, 6) is 0.524. The molecule has 1 amide bonds. The molecule has 3 aromatic rings. The number of carbonyl (C=O) groups excluding carboxylic acids is 1. The molecule has 1 aromatic heterocycles. The van der Waals surface area contributed by atoms with Gasteiger partial charge >= 0.3 is 0 Å². The third kappa shape index (κ3) is 4.25. The van der Waals surface area contributed by atoms with Gasteiger partial charge in [0.15, 0.2) is 0 Å². The van der Waals surface area contributed by atoms with Gasteiger partial charge in [-0.2, -0.15) is 4.98 Å². The fourth-order valence-electron chi connectivity index (χ4n) is 3.71. The van der Waals surface area contributed by atoms with Crippen LogP contribution in [0.2, 0.25) is 5.02 Å². The zero-order valence-corrected chi connectivity index (χ0v) is 19.5. The maximum atomic E-state index is 13.5. The molecule has 0 aliphatic carbocycles. The van der Waals surface area contributed by atoms with Crippen molar-refractivity contribution < 1.29 is 17.6 Å². The first-order valence-corrected chi connectivity index (χ1v) is 12.3. The van der Waals surface area contributed by atoms with Crippen LogP contribution in [0.3, 0.4) is 0 Å². The molecule has 0 unspecified atom stereocenters. The van der Waals surface area contributed by atoms with Crippen LogP contribution in [0.25, 0.3) is 11.5 Å². The smallest absolute Gasteiger partial charge is 0.236 e. The number of aryl methyl sites for hydroxylation is 1. The summed E-state index contributed by atoms with van der Waals surface area (Å²) in [5.41, 5.74) is 1.65. The zero-order valence-electron chi connectivity index (χ0n) is 17.9. The molecular weight excluding hydrogens is 450 g/mol. The molecule has 0 radical (unpaired) electrons. The molecule has 0 N–H and O–H groups in total. The Balaban J connectivity index is 1.77. The van der Waals surface area contributed by atoms with Crippen molar-refractivity contribution in [2.24, 2.45) is 0 Å². The number of hydrogen-bond acceptors (Lipinski definition) is 6. The number of anilines is 1. The highest BCUT2D eigenvalue weighted by atomic mass is 35.5. The highest BCUT2D eigenvalue weighted by Crippen LogP contribution is 2.36. The van der Waals surface area contributed by atoms with Crippen LogP contribution < -0.4 is 4.90 Å². The third-order valence-electron chi connectivity index (χ3n) is 5.56. The lowest BCUT2D eigenvalue weighted by molar-refractivity contribution is -0.131. The second-order valence-corrected chi connectivity index (χ2v) is 9.92. The topological polar surface area (TPSA) is 83.7 Å². The Morgan fingerprint density at radius 3 is 2.34 bits per heavy atom. The quantitative estimate of drug-likeness (QED) is 0.552. The number of benzene rings is 2. The van der Waals surface area contributed by atoms with Gasteiger partial charge in [0.05, 0.1) is 4.90 Å². The van der Waals surface area contributed by atoms with E-state index in [1.807, 2.05) is 43.0 Å². The van der Waals surface area contributed by atoms with Gasteiger partial charge in [-0.1, -0.05) is 36.7 Å². The van der Waals surface area contributed by atoms with E-state index >= 15 is 0 Å². The highest BCUT2D eigenvalue weighted by molar-refractivity contribution is 7.91. The number of oxazole rings is 1. The Morgan fingerprint density at radius 2 is 1.72 bits per heavy atom. The molecule has 32 heavy (non-hydrogen) atoms. The van der Waals surface area contributed by atoms with Gasteiger partial charge in [0.1, 0.15) is 0 Å². The summed E-state index contributed by atoms with van der Waals surface area (Å²) < 4.78 is 33.1. The molecule has 1 aliphatic rings. The van der Waals surface area contributed by atoms with Gasteiger partial charge in [-0.25, -0.2) is 8.42 Å². The van der Waals surface area contributed by atoms with Crippen molar-refractivity contribution in [3.8, 4) is 11.5 Å². The second kappa shape index (κ2) is 8.96. The average molecular weight is 474 g/mol. The molecule has 0 atom stereocenters. The molecule has 1 aliphatic heterocycles. The first-order chi connectivity index (χ1) is 15.3. The van der Waals surface area contributed by atoms with Crippen LogP contribution in [0, 0.1) is 6.92 Å². The molecule has 0 bridgehead atoms. The molecule has 7 nitrogen and oxygen atoms in total. The molecule has 2 aromatic carbocycles. The molecule has 2 heterocycles. The van der Waals surface area contributed by atoms with Gasteiger partial charge in [-0.3, -0.25) is 4.79 Å². The number of nitrogens with zero attached hydrogens (tertiary/aromatic N) is 3. The van der Waals surface area contributed by atoms with E-state index in [9.17, 15) is 13.2 Å². The Hall–Kier alpha value is -2.84. The summed E-state index contributed by atoms with van der Waals surface area (Å²) >= 11 is 5.94. The molecule has 0 spiro atoms. The summed E-state index contributed by atoms with van der Waals surface area (Å²) in [6.45, 7) is 5.65. The lowest BCUT2D eigenvalue weighted by Gasteiger charge is -2.34. The molecular formula is C23H24ClN3O4S. The monoisotopic (exact) mass is 473 g/mol. The van der Waals surface area contributed by atoms with Gasteiger partial charge in [0.2, 0.25) is 32.5 Å². The van der Waals surface area contributed by atoms with E-state index in [0.717, 1.165) is 11.1 Å². The van der Waals surface area contributed by atoms with E-state index in [4.69, 9.17) is 16.0 Å². The van der Waals surface area contributed by atoms with E-state index in [2.05, 4.69) is 4.98 Å². The van der Waals surface area contributed by atoms with Gasteiger partial charge in [-0.15, -0.1) is 0 Å². The van der Waals surface area contributed by atoms with E-state index < -0.39 is 9.84 Å². The second-order valence-electron chi connectivity index (χ2n) is 7.62. The fourth-order valence-corrected chi connectivity index (χ4v) is 5.16. The number of rotatable bonds is 5. The zero-order chi connectivity index (χ0) is 22.9. The minimum atomic E-state index is -3.96. The highest BCUT2D eigenvalue weighted by Gasteiger charge is 2.33. The molecule has 168 valence electrons. The predicted octanol–water partition coefficient (Wildman–Crippen LogP) is 4.19. The summed E-state index contributed by atoms with van der Waals surface area (Å²) in [4.78, 5) is 20.2. The molecule has 1 fully saturated rings. The summed E-state index contributed by atoms with van der Waals surface area (Å²) in [7, 11) is -3.96. The van der Waals surface area contributed by atoms with Crippen LogP contribution in [-0.2, 0) is 14.6 Å². The maximum absolute atomic E-state index is 13.5. The van der Waals surface area contributed by atoms with Crippen molar-refractivity contribution >= 4 is 33.2 Å². The van der Waals surface area contributed by atoms with Crippen LogP contribution >= 0.6 is 11.6 Å². The fraction of sp³-hybridized carbons (Fsp3) is 0.304. The number of sulfone groups is 1. The van der Waals surface area contributed by atoms with Crippen LogP contribution in [0.15, 0.2) is 62.9 Å². The third-order valence-corrected chi connectivity index (χ3v) is 7.48. The van der Waals surface area contributed by atoms with Crippen molar-refractivity contribution in [1.82, 2.24) is 9.88 Å². The lowest BCUT2D eigenvalue weighted by Crippen LogP contribution is -2.48. The summed E-state index contributed by atoms with van der Waals surface area (Å²) in [6.07, 6.45) is 0.440. The average Bonchev–Trinajstić information content (AvgIpc) is 3.25. The van der Waals surface area contributed by atoms with Crippen LogP contribution in [-0.4, -0.2) is 50.4 Å². The minimum Gasteiger partial charge on any atom is -0.419 e. The van der Waals surface area contributed by atoms with E-state index in [1.54, 1.807) is 4.90 Å². The molecule has 4 rings (SSSR count). The number of piperazine rings is 1. The first-order valence-electron chi connectivity index (χ1n) is 10.4. The van der Waals surface area contributed by atoms with Crippen molar-refractivity contribution in [1.29, 1.82) is 0 Å². The van der Waals surface area contributed by atoms with E-state index in [0.29, 0.717) is 37.6 Å². The van der Waals surface area contributed by atoms with Gasteiger partial charge in [0.25, 0.3) is 0 Å². The van der Waals surface area contributed by atoms with Crippen molar-refractivity contribution in [2.75, 3.05) is 31.1 Å². The van der Waals surface area contributed by atoms with Gasteiger partial charge in [0, 0.05) is 43.2 Å². The Kier molecular flexibility index (Phi) is 6.26. The Morgan fingerprint density at radius 1 is 1.06 bits per heavy atom. The van der Waals surface area contributed by atoms with Crippen LogP contribution in [0.4, 0.5) is 5.88 Å². The predicted molar refractivity (Wildman–Crippen MR) is 123 cm³/mol. The summed E-state index contributed by atoms with van der Waals surface area (Å²) in [5, 5.41) is 0.315. The normalized spacial score (nSPS) is 14.6. The number of amides is 1. The Bertz CT molecular complexity index is 1230. The summed E-state index contributed by atoms with van der Waals surface area (Å²) in [6, 6.07) is 13.5. The van der Waals surface area contributed by atoms with Crippen LogP contribution in [0.5, 0.6) is 0 Å². The number of aromatic nitrogens is 1. The maximum Gasteiger partial charge on any atom is 0.236 e. The number of hydrogen-bond donors (Lipinski definition) is 0. The molecule has 0 saturated carbocycles.